The lowest BCUT2D eigenvalue weighted by molar-refractivity contribution is -0.0170. The summed E-state index contributed by atoms with van der Waals surface area (Å²) in [4.78, 5) is 3.95. The highest BCUT2D eigenvalue weighted by Crippen LogP contribution is 2.22. The smallest absolute Gasteiger partial charge is 0.0857 e. The molecule has 1 saturated heterocycles. The summed E-state index contributed by atoms with van der Waals surface area (Å²) < 4.78 is 5.75. The molecule has 3 heteroatoms. The summed E-state index contributed by atoms with van der Waals surface area (Å²) in [5, 5.41) is 0. The van der Waals surface area contributed by atoms with E-state index in [4.69, 9.17) is 10.5 Å². The normalized spacial score (nSPS) is 31.1. The predicted octanol–water partition coefficient (Wildman–Crippen LogP) is 1.49. The van der Waals surface area contributed by atoms with Gasteiger partial charge in [-0.15, -0.1) is 0 Å². The largest absolute Gasteiger partial charge is 0.404 e. The van der Waals surface area contributed by atoms with Crippen molar-refractivity contribution < 1.29 is 4.74 Å². The highest BCUT2D eigenvalue weighted by atomic mass is 16.5. The summed E-state index contributed by atoms with van der Waals surface area (Å²) in [6.07, 6.45) is 7.28. The molecule has 0 aromatic carbocycles. The third-order valence-electron chi connectivity index (χ3n) is 2.32. The van der Waals surface area contributed by atoms with Crippen LogP contribution in [0.5, 0.6) is 0 Å². The fourth-order valence-electron chi connectivity index (χ4n) is 1.64. The lowest BCUT2D eigenvalue weighted by Crippen LogP contribution is -2.28. The minimum atomic E-state index is 0.150. The van der Waals surface area contributed by atoms with Crippen molar-refractivity contribution in [3.8, 4) is 0 Å². The van der Waals surface area contributed by atoms with Gasteiger partial charge >= 0.3 is 0 Å². The molecule has 0 radical (unpaired) electrons. The zero-order valence-electron chi connectivity index (χ0n) is 8.36. The van der Waals surface area contributed by atoms with E-state index in [9.17, 15) is 0 Å². The lowest BCUT2D eigenvalue weighted by Gasteiger charge is -2.28. The molecule has 2 N–H and O–H groups in total. The first-order valence-electron chi connectivity index (χ1n) is 4.77. The second kappa shape index (κ2) is 5.02. The molecule has 1 heterocycles. The molecular weight excluding hydrogens is 164 g/mol. The van der Waals surface area contributed by atoms with Crippen molar-refractivity contribution in [1.82, 2.24) is 0 Å². The Morgan fingerprint density at radius 3 is 2.85 bits per heavy atom. The molecule has 1 rings (SSSR count). The highest BCUT2D eigenvalue weighted by molar-refractivity contribution is 5.79. The molecule has 2 unspecified atom stereocenters. The predicted molar refractivity (Wildman–Crippen MR) is 54.9 cm³/mol. The Labute approximate surface area is 79.7 Å². The van der Waals surface area contributed by atoms with E-state index in [2.05, 4.69) is 11.9 Å². The lowest BCUT2D eigenvalue weighted by atomic mass is 10.00. The third-order valence-corrected chi connectivity index (χ3v) is 2.32. The van der Waals surface area contributed by atoms with Gasteiger partial charge in [0.2, 0.25) is 0 Å². The maximum atomic E-state index is 5.75. The maximum Gasteiger partial charge on any atom is 0.0857 e. The Morgan fingerprint density at radius 1 is 1.54 bits per heavy atom. The van der Waals surface area contributed by atoms with Crippen LogP contribution >= 0.6 is 0 Å². The van der Waals surface area contributed by atoms with Gasteiger partial charge in [-0.1, -0.05) is 0 Å². The number of hydrogen-bond acceptors (Lipinski definition) is 3. The Bertz CT molecular complexity index is 211. The Morgan fingerprint density at radius 2 is 2.31 bits per heavy atom. The molecule has 0 amide bonds. The molecule has 0 aromatic rings. The second-order valence-corrected chi connectivity index (χ2v) is 3.42. The van der Waals surface area contributed by atoms with Gasteiger partial charge in [0.15, 0.2) is 0 Å². The molecular formula is C10H18N2O. The van der Waals surface area contributed by atoms with Crippen molar-refractivity contribution in [2.75, 3.05) is 7.05 Å². The van der Waals surface area contributed by atoms with Crippen molar-refractivity contribution >= 4 is 6.21 Å². The summed E-state index contributed by atoms with van der Waals surface area (Å²) in [6, 6.07) is 0. The van der Waals surface area contributed by atoms with Crippen LogP contribution in [0, 0.1) is 0 Å². The number of nitrogens with two attached hydrogens (primary N) is 1. The molecule has 0 aliphatic carbocycles. The van der Waals surface area contributed by atoms with E-state index in [0.717, 1.165) is 18.4 Å². The minimum Gasteiger partial charge on any atom is -0.404 e. The number of ether oxygens (including phenoxy) is 1. The average Bonchev–Trinajstić information content (AvgIpc) is 2.14. The van der Waals surface area contributed by atoms with Crippen molar-refractivity contribution in [2.45, 2.75) is 38.4 Å². The summed E-state index contributed by atoms with van der Waals surface area (Å²) in [5.41, 5.74) is 6.50. The van der Waals surface area contributed by atoms with Gasteiger partial charge in [-0.25, -0.2) is 0 Å². The molecule has 2 atom stereocenters. The number of rotatable bonds is 2. The van der Waals surface area contributed by atoms with Crippen LogP contribution in [0.4, 0.5) is 0 Å². The van der Waals surface area contributed by atoms with Crippen LogP contribution in [-0.4, -0.2) is 25.5 Å². The van der Waals surface area contributed by atoms with E-state index in [0.29, 0.717) is 6.10 Å². The van der Waals surface area contributed by atoms with Crippen molar-refractivity contribution in [1.29, 1.82) is 0 Å². The quantitative estimate of drug-likeness (QED) is 0.658. The van der Waals surface area contributed by atoms with Gasteiger partial charge in [-0.2, -0.15) is 0 Å². The monoisotopic (exact) mass is 182 g/mol. The van der Waals surface area contributed by atoms with E-state index in [-0.39, 0.29) is 6.10 Å². The Hall–Kier alpha value is -0.830. The van der Waals surface area contributed by atoms with Gasteiger partial charge in [-0.05, 0) is 26.2 Å². The first-order valence-corrected chi connectivity index (χ1v) is 4.77. The average molecular weight is 182 g/mol. The van der Waals surface area contributed by atoms with Crippen molar-refractivity contribution in [3.63, 3.8) is 0 Å². The number of nitrogens with zero attached hydrogens (tertiary/aromatic N) is 1. The fourth-order valence-corrected chi connectivity index (χ4v) is 1.64. The second-order valence-electron chi connectivity index (χ2n) is 3.42. The van der Waals surface area contributed by atoms with Gasteiger partial charge < -0.3 is 10.5 Å². The number of hydrogen-bond donors (Lipinski definition) is 1. The molecule has 1 aliphatic heterocycles. The SMILES string of the molecule is CN=C/C(=C\N)C1CCCC(C)O1. The van der Waals surface area contributed by atoms with Gasteiger partial charge in [0, 0.05) is 25.0 Å². The molecule has 1 fully saturated rings. The van der Waals surface area contributed by atoms with E-state index < -0.39 is 0 Å². The first kappa shape index (κ1) is 10.3. The van der Waals surface area contributed by atoms with Crippen molar-refractivity contribution in [3.05, 3.63) is 11.8 Å². The molecule has 13 heavy (non-hydrogen) atoms. The van der Waals surface area contributed by atoms with Crippen molar-refractivity contribution in [2.24, 2.45) is 10.7 Å². The molecule has 0 aromatic heterocycles. The van der Waals surface area contributed by atoms with Gasteiger partial charge in [-0.3, -0.25) is 4.99 Å². The number of aliphatic imine (C=N–C) groups is 1. The molecule has 74 valence electrons. The van der Waals surface area contributed by atoms with Crippen LogP contribution in [0.1, 0.15) is 26.2 Å². The van der Waals surface area contributed by atoms with Gasteiger partial charge in [0.25, 0.3) is 0 Å². The summed E-state index contributed by atoms with van der Waals surface area (Å²) in [5.74, 6) is 0. The Kier molecular flexibility index (Phi) is 3.96. The van der Waals surface area contributed by atoms with Crippen LogP contribution in [-0.2, 0) is 4.74 Å². The molecule has 0 saturated carbocycles. The van der Waals surface area contributed by atoms with E-state index >= 15 is 0 Å². The zero-order chi connectivity index (χ0) is 9.68. The maximum absolute atomic E-state index is 5.75. The molecule has 0 bridgehead atoms. The van der Waals surface area contributed by atoms with Gasteiger partial charge in [0.05, 0.1) is 12.2 Å². The summed E-state index contributed by atoms with van der Waals surface area (Å²) in [6.45, 7) is 2.10. The van der Waals surface area contributed by atoms with Crippen LogP contribution in [0.25, 0.3) is 0 Å². The summed E-state index contributed by atoms with van der Waals surface area (Å²) >= 11 is 0. The first-order chi connectivity index (χ1) is 6.27. The van der Waals surface area contributed by atoms with Crippen LogP contribution in [0.2, 0.25) is 0 Å². The highest BCUT2D eigenvalue weighted by Gasteiger charge is 2.21. The third kappa shape index (κ3) is 2.84. The van der Waals surface area contributed by atoms with E-state index in [1.807, 2.05) is 0 Å². The fraction of sp³-hybridized carbons (Fsp3) is 0.700. The Balaban J connectivity index is 2.58. The zero-order valence-corrected chi connectivity index (χ0v) is 8.36. The van der Waals surface area contributed by atoms with Crippen LogP contribution in [0.15, 0.2) is 16.8 Å². The van der Waals surface area contributed by atoms with Crippen LogP contribution in [0.3, 0.4) is 0 Å². The molecule has 0 spiro atoms. The topological polar surface area (TPSA) is 47.6 Å². The van der Waals surface area contributed by atoms with E-state index in [1.165, 1.54) is 6.42 Å². The van der Waals surface area contributed by atoms with Gasteiger partial charge in [0.1, 0.15) is 0 Å². The minimum absolute atomic E-state index is 0.150. The van der Waals surface area contributed by atoms with E-state index in [1.54, 1.807) is 19.5 Å². The molecule has 3 nitrogen and oxygen atoms in total. The van der Waals surface area contributed by atoms with Crippen LogP contribution < -0.4 is 5.73 Å². The summed E-state index contributed by atoms with van der Waals surface area (Å²) in [7, 11) is 1.75. The standard InChI is InChI=1S/C10H18N2O/c1-8-4-3-5-10(13-8)9(6-11)7-12-2/h6-8,10H,3-5,11H2,1-2H3/b9-6+,12-7?. The molecule has 1 aliphatic rings.